The molecule has 1 fully saturated rings. The number of benzene rings is 2. The smallest absolute Gasteiger partial charge is 0.410 e. The lowest BCUT2D eigenvalue weighted by atomic mass is 10.1. The summed E-state index contributed by atoms with van der Waals surface area (Å²) in [7, 11) is 1.40. The molecule has 0 unspecified atom stereocenters. The van der Waals surface area contributed by atoms with Crippen LogP contribution in [0.15, 0.2) is 48.5 Å². The molecule has 0 spiro atoms. The lowest BCUT2D eigenvalue weighted by Gasteiger charge is -2.27. The van der Waals surface area contributed by atoms with E-state index in [0.29, 0.717) is 25.9 Å². The molecular formula is C29H35N3O4. The van der Waals surface area contributed by atoms with E-state index in [-0.39, 0.29) is 18.1 Å². The Morgan fingerprint density at radius 1 is 1.11 bits per heavy atom. The Bertz CT molecular complexity index is 1240. The molecule has 1 saturated carbocycles. The number of fused-ring (bicyclic) bond motifs is 1. The van der Waals surface area contributed by atoms with E-state index in [1.165, 1.54) is 7.11 Å². The van der Waals surface area contributed by atoms with Gasteiger partial charge in [-0.25, -0.2) is 4.79 Å². The molecule has 0 bridgehead atoms. The van der Waals surface area contributed by atoms with Gasteiger partial charge in [0.05, 0.1) is 18.3 Å². The van der Waals surface area contributed by atoms with E-state index >= 15 is 0 Å². The van der Waals surface area contributed by atoms with Crippen LogP contribution in [0.2, 0.25) is 0 Å². The molecule has 0 aliphatic heterocycles. The van der Waals surface area contributed by atoms with Crippen molar-refractivity contribution in [3.8, 4) is 0 Å². The summed E-state index contributed by atoms with van der Waals surface area (Å²) >= 11 is 0. The Kier molecular flexibility index (Phi) is 7.77. The average molecular weight is 490 g/mol. The van der Waals surface area contributed by atoms with E-state index in [9.17, 15) is 9.59 Å². The summed E-state index contributed by atoms with van der Waals surface area (Å²) in [5, 5.41) is 5.88. The van der Waals surface area contributed by atoms with Crippen LogP contribution in [0, 0.1) is 0 Å². The Morgan fingerprint density at radius 3 is 2.53 bits per heavy atom. The third-order valence-corrected chi connectivity index (χ3v) is 6.02. The van der Waals surface area contributed by atoms with E-state index in [2.05, 4.69) is 18.2 Å². The predicted octanol–water partition coefficient (Wildman–Crippen LogP) is 6.06. The highest BCUT2D eigenvalue weighted by molar-refractivity contribution is 5.90. The predicted molar refractivity (Wildman–Crippen MR) is 141 cm³/mol. The summed E-state index contributed by atoms with van der Waals surface area (Å²) in [5.74, 6) is -0.228. The fourth-order valence-corrected chi connectivity index (χ4v) is 4.10. The normalized spacial score (nSPS) is 13.8. The van der Waals surface area contributed by atoms with E-state index in [4.69, 9.17) is 14.6 Å². The maximum atomic E-state index is 12.9. The van der Waals surface area contributed by atoms with Crippen LogP contribution in [-0.4, -0.2) is 45.5 Å². The Balaban J connectivity index is 1.61. The second-order valence-electron chi connectivity index (χ2n) is 10.2. The zero-order valence-electron chi connectivity index (χ0n) is 21.6. The van der Waals surface area contributed by atoms with Crippen molar-refractivity contribution in [3.63, 3.8) is 0 Å². The van der Waals surface area contributed by atoms with Gasteiger partial charge in [0, 0.05) is 30.9 Å². The second-order valence-corrected chi connectivity index (χ2v) is 10.2. The largest absolute Gasteiger partial charge is 0.469 e. The first-order valence-electron chi connectivity index (χ1n) is 12.5. The van der Waals surface area contributed by atoms with Crippen molar-refractivity contribution in [2.45, 2.75) is 71.2 Å². The SMILES string of the molecule is COC(=O)CCCn1nc(C=Cc2ccccc2)c2ccc(CN(C(=O)OC(C)(C)C)C3CC3)cc21. The lowest BCUT2D eigenvalue weighted by Crippen LogP contribution is -2.37. The van der Waals surface area contributed by atoms with Crippen LogP contribution in [0.1, 0.15) is 63.3 Å². The number of rotatable bonds is 9. The zero-order valence-corrected chi connectivity index (χ0v) is 21.6. The number of carbonyl (C=O) groups is 2. The van der Waals surface area contributed by atoms with Crippen molar-refractivity contribution in [2.24, 2.45) is 0 Å². The van der Waals surface area contributed by atoms with Gasteiger partial charge in [-0.2, -0.15) is 5.10 Å². The van der Waals surface area contributed by atoms with Gasteiger partial charge in [0.25, 0.3) is 0 Å². The monoisotopic (exact) mass is 489 g/mol. The summed E-state index contributed by atoms with van der Waals surface area (Å²) in [6.07, 6.45) is 6.76. The van der Waals surface area contributed by atoms with Gasteiger partial charge in [-0.15, -0.1) is 0 Å². The number of hydrogen-bond acceptors (Lipinski definition) is 5. The molecule has 1 aromatic heterocycles. The van der Waals surface area contributed by atoms with Crippen LogP contribution in [0.3, 0.4) is 0 Å². The molecule has 2 aromatic carbocycles. The number of aromatic nitrogens is 2. The van der Waals surface area contributed by atoms with Gasteiger partial charge in [0.1, 0.15) is 5.60 Å². The van der Waals surface area contributed by atoms with Crippen molar-refractivity contribution in [1.82, 2.24) is 14.7 Å². The summed E-state index contributed by atoms with van der Waals surface area (Å²) in [6, 6.07) is 16.6. The highest BCUT2D eigenvalue weighted by Crippen LogP contribution is 2.31. The molecule has 36 heavy (non-hydrogen) atoms. The molecule has 1 heterocycles. The Labute approximate surface area is 212 Å². The zero-order chi connectivity index (χ0) is 25.7. The number of hydrogen-bond donors (Lipinski definition) is 0. The molecule has 0 saturated heterocycles. The number of methoxy groups -OCH3 is 1. The highest BCUT2D eigenvalue weighted by Gasteiger charge is 2.35. The lowest BCUT2D eigenvalue weighted by molar-refractivity contribution is -0.140. The Hall–Kier alpha value is -3.61. The third-order valence-electron chi connectivity index (χ3n) is 6.02. The van der Waals surface area contributed by atoms with Gasteiger partial charge in [-0.05, 0) is 63.3 Å². The summed E-state index contributed by atoms with van der Waals surface area (Å²) in [6.45, 7) is 6.74. The van der Waals surface area contributed by atoms with Gasteiger partial charge in [-0.3, -0.25) is 9.48 Å². The molecule has 1 aliphatic rings. The van der Waals surface area contributed by atoms with Crippen molar-refractivity contribution < 1.29 is 19.1 Å². The standard InChI is InChI=1S/C29H35N3O4/c1-29(2,3)36-28(34)31(23-14-15-23)20-22-12-16-24-25(17-13-21-9-6-5-7-10-21)30-32(26(24)19-22)18-8-11-27(33)35-4/h5-7,9-10,12-13,16-17,19,23H,8,11,14-15,18,20H2,1-4H3. The van der Waals surface area contributed by atoms with Crippen LogP contribution in [0.5, 0.6) is 0 Å². The molecule has 3 aromatic rings. The maximum Gasteiger partial charge on any atom is 0.410 e. The molecule has 7 nitrogen and oxygen atoms in total. The van der Waals surface area contributed by atoms with Crippen LogP contribution >= 0.6 is 0 Å². The number of amides is 1. The number of aryl methyl sites for hydroxylation is 1. The van der Waals surface area contributed by atoms with E-state index < -0.39 is 5.60 Å². The summed E-state index contributed by atoms with van der Waals surface area (Å²) < 4.78 is 12.4. The van der Waals surface area contributed by atoms with Gasteiger partial charge < -0.3 is 14.4 Å². The average Bonchev–Trinajstić information content (AvgIpc) is 3.63. The van der Waals surface area contributed by atoms with Crippen molar-refractivity contribution in [2.75, 3.05) is 7.11 Å². The summed E-state index contributed by atoms with van der Waals surface area (Å²) in [4.78, 5) is 26.3. The van der Waals surface area contributed by atoms with Crippen molar-refractivity contribution in [3.05, 3.63) is 65.4 Å². The molecule has 4 rings (SSSR count). The fourth-order valence-electron chi connectivity index (χ4n) is 4.10. The topological polar surface area (TPSA) is 73.7 Å². The maximum absolute atomic E-state index is 12.9. The van der Waals surface area contributed by atoms with Gasteiger partial charge >= 0.3 is 12.1 Å². The quantitative estimate of drug-likeness (QED) is 0.342. The van der Waals surface area contributed by atoms with Crippen molar-refractivity contribution >= 4 is 35.1 Å². The van der Waals surface area contributed by atoms with Crippen LogP contribution < -0.4 is 0 Å². The minimum atomic E-state index is -0.535. The molecule has 0 radical (unpaired) electrons. The van der Waals surface area contributed by atoms with E-state index in [1.807, 2.05) is 72.8 Å². The van der Waals surface area contributed by atoms with E-state index in [1.54, 1.807) is 0 Å². The molecular weight excluding hydrogens is 454 g/mol. The van der Waals surface area contributed by atoms with Crippen LogP contribution in [0.25, 0.3) is 23.1 Å². The molecule has 1 aliphatic carbocycles. The highest BCUT2D eigenvalue weighted by atomic mass is 16.6. The minimum absolute atomic E-state index is 0.227. The van der Waals surface area contributed by atoms with Crippen LogP contribution in [0.4, 0.5) is 4.79 Å². The molecule has 190 valence electrons. The molecule has 0 atom stereocenters. The number of nitrogens with zero attached hydrogens (tertiary/aromatic N) is 3. The first kappa shape index (κ1) is 25.5. The molecule has 0 N–H and O–H groups in total. The van der Waals surface area contributed by atoms with Crippen LogP contribution in [-0.2, 0) is 27.4 Å². The molecule has 1 amide bonds. The number of carbonyl (C=O) groups excluding carboxylic acids is 2. The first-order valence-corrected chi connectivity index (χ1v) is 12.5. The fraction of sp³-hybridized carbons (Fsp3) is 0.414. The van der Waals surface area contributed by atoms with Gasteiger partial charge in [0.15, 0.2) is 0 Å². The molecule has 7 heteroatoms. The minimum Gasteiger partial charge on any atom is -0.469 e. The van der Waals surface area contributed by atoms with Gasteiger partial charge in [-0.1, -0.05) is 48.5 Å². The van der Waals surface area contributed by atoms with Gasteiger partial charge in [0.2, 0.25) is 0 Å². The second kappa shape index (κ2) is 11.0. The number of esters is 1. The number of ether oxygens (including phenoxy) is 2. The van der Waals surface area contributed by atoms with E-state index in [0.717, 1.165) is 40.6 Å². The Morgan fingerprint density at radius 2 is 1.86 bits per heavy atom. The first-order chi connectivity index (χ1) is 17.2. The third kappa shape index (κ3) is 6.74. The summed E-state index contributed by atoms with van der Waals surface area (Å²) in [5.41, 5.74) is 3.43. The van der Waals surface area contributed by atoms with Crippen molar-refractivity contribution in [1.29, 1.82) is 0 Å².